The predicted octanol–water partition coefficient (Wildman–Crippen LogP) is 1.59. The van der Waals surface area contributed by atoms with Gasteiger partial charge in [-0.1, -0.05) is 20.8 Å². The van der Waals surface area contributed by atoms with Gasteiger partial charge < -0.3 is 10.4 Å². The standard InChI is InChI=1S/C11H20N2O3S/c1-4-9-13(8(6-17-9)10(14)15)11(16)12-5-7(2)3/h7-9H,4-6H2,1-3H3,(H,12,16)(H,14,15). The van der Waals surface area contributed by atoms with Crippen LogP contribution in [0.5, 0.6) is 0 Å². The maximum absolute atomic E-state index is 12.0. The number of carbonyl (C=O) groups excluding carboxylic acids is 1. The number of nitrogens with one attached hydrogen (secondary N) is 1. The SMILES string of the molecule is CCC1SCC(C(=O)O)N1C(=O)NCC(C)C. The van der Waals surface area contributed by atoms with Crippen LogP contribution in [0.25, 0.3) is 0 Å². The van der Waals surface area contributed by atoms with Crippen molar-refractivity contribution in [3.05, 3.63) is 0 Å². The Morgan fingerprint density at radius 1 is 1.53 bits per heavy atom. The molecule has 0 aliphatic carbocycles. The lowest BCUT2D eigenvalue weighted by Gasteiger charge is -2.27. The molecule has 2 atom stereocenters. The third-order valence-corrected chi connectivity index (χ3v) is 4.08. The number of urea groups is 1. The number of carbonyl (C=O) groups is 2. The van der Waals surface area contributed by atoms with Crippen molar-refractivity contribution >= 4 is 23.8 Å². The average Bonchev–Trinajstić information content (AvgIpc) is 2.69. The Balaban J connectivity index is 2.67. The van der Waals surface area contributed by atoms with Gasteiger partial charge in [0.15, 0.2) is 0 Å². The first-order valence-corrected chi connectivity index (χ1v) is 6.92. The molecule has 1 aliphatic rings. The average molecular weight is 260 g/mol. The molecule has 98 valence electrons. The van der Waals surface area contributed by atoms with Crippen molar-refractivity contribution in [2.75, 3.05) is 12.3 Å². The third kappa shape index (κ3) is 3.52. The van der Waals surface area contributed by atoms with Crippen molar-refractivity contribution in [3.63, 3.8) is 0 Å². The Morgan fingerprint density at radius 3 is 2.65 bits per heavy atom. The number of rotatable bonds is 4. The smallest absolute Gasteiger partial charge is 0.327 e. The molecule has 5 nitrogen and oxygen atoms in total. The molecule has 2 N–H and O–H groups in total. The zero-order valence-electron chi connectivity index (χ0n) is 10.5. The lowest BCUT2D eigenvalue weighted by molar-refractivity contribution is -0.141. The number of nitrogens with zero attached hydrogens (tertiary/aromatic N) is 1. The van der Waals surface area contributed by atoms with Gasteiger partial charge in [0, 0.05) is 12.3 Å². The van der Waals surface area contributed by atoms with E-state index in [1.165, 1.54) is 16.7 Å². The summed E-state index contributed by atoms with van der Waals surface area (Å²) in [6.07, 6.45) is 0.767. The van der Waals surface area contributed by atoms with Crippen LogP contribution in [-0.4, -0.2) is 45.7 Å². The van der Waals surface area contributed by atoms with Crippen molar-refractivity contribution in [3.8, 4) is 0 Å². The second-order valence-electron chi connectivity index (χ2n) is 4.54. The first-order chi connectivity index (χ1) is 7.97. The molecular formula is C11H20N2O3S. The zero-order valence-corrected chi connectivity index (χ0v) is 11.3. The summed E-state index contributed by atoms with van der Waals surface area (Å²) >= 11 is 1.53. The van der Waals surface area contributed by atoms with Gasteiger partial charge in [-0.25, -0.2) is 9.59 Å². The van der Waals surface area contributed by atoms with Crippen LogP contribution in [0.4, 0.5) is 4.79 Å². The number of hydrogen-bond donors (Lipinski definition) is 2. The summed E-state index contributed by atoms with van der Waals surface area (Å²) in [5.74, 6) is -0.0890. The van der Waals surface area contributed by atoms with Crippen LogP contribution >= 0.6 is 11.8 Å². The minimum Gasteiger partial charge on any atom is -0.480 e. The number of hydrogen-bond acceptors (Lipinski definition) is 3. The van der Waals surface area contributed by atoms with Crippen LogP contribution in [0.15, 0.2) is 0 Å². The molecule has 2 amide bonds. The fraction of sp³-hybridized carbons (Fsp3) is 0.818. The van der Waals surface area contributed by atoms with E-state index in [4.69, 9.17) is 5.11 Å². The Kier molecular flexibility index (Phi) is 5.11. The third-order valence-electron chi connectivity index (χ3n) is 2.62. The molecule has 0 radical (unpaired) electrons. The molecule has 0 aromatic rings. The maximum Gasteiger partial charge on any atom is 0.327 e. The first kappa shape index (κ1) is 14.2. The second kappa shape index (κ2) is 6.14. The van der Waals surface area contributed by atoms with Crippen LogP contribution in [0, 0.1) is 5.92 Å². The fourth-order valence-corrected chi connectivity index (χ4v) is 3.07. The van der Waals surface area contributed by atoms with Gasteiger partial charge in [-0.05, 0) is 12.3 Å². The van der Waals surface area contributed by atoms with Crippen molar-refractivity contribution in [1.82, 2.24) is 10.2 Å². The molecule has 0 spiro atoms. The minimum absolute atomic E-state index is 0.0248. The quantitative estimate of drug-likeness (QED) is 0.805. The summed E-state index contributed by atoms with van der Waals surface area (Å²) in [7, 11) is 0. The Morgan fingerprint density at radius 2 is 2.18 bits per heavy atom. The molecule has 1 rings (SSSR count). The second-order valence-corrected chi connectivity index (χ2v) is 5.75. The van der Waals surface area contributed by atoms with Crippen LogP contribution in [0.2, 0.25) is 0 Å². The number of aliphatic carboxylic acids is 1. The molecule has 0 aromatic carbocycles. The van der Waals surface area contributed by atoms with E-state index >= 15 is 0 Å². The van der Waals surface area contributed by atoms with Gasteiger partial charge in [-0.15, -0.1) is 11.8 Å². The van der Waals surface area contributed by atoms with E-state index in [-0.39, 0.29) is 11.4 Å². The largest absolute Gasteiger partial charge is 0.480 e. The van der Waals surface area contributed by atoms with E-state index in [0.29, 0.717) is 18.2 Å². The van der Waals surface area contributed by atoms with E-state index in [2.05, 4.69) is 5.32 Å². The van der Waals surface area contributed by atoms with E-state index in [1.54, 1.807) is 0 Å². The topological polar surface area (TPSA) is 69.6 Å². The zero-order chi connectivity index (χ0) is 13.0. The van der Waals surface area contributed by atoms with Gasteiger partial charge in [0.25, 0.3) is 0 Å². The van der Waals surface area contributed by atoms with Gasteiger partial charge in [-0.3, -0.25) is 4.90 Å². The van der Waals surface area contributed by atoms with Gasteiger partial charge >= 0.3 is 12.0 Å². The van der Waals surface area contributed by atoms with Gasteiger partial charge in [0.2, 0.25) is 0 Å². The number of thioether (sulfide) groups is 1. The summed E-state index contributed by atoms with van der Waals surface area (Å²) in [6, 6.07) is -0.958. The number of carboxylic acid groups (broad SMARTS) is 1. The molecule has 1 fully saturated rings. The summed E-state index contributed by atoms with van der Waals surface area (Å²) < 4.78 is 0. The Bertz CT molecular complexity index is 296. The summed E-state index contributed by atoms with van der Waals surface area (Å²) in [6.45, 7) is 6.55. The molecule has 0 bridgehead atoms. The molecular weight excluding hydrogens is 240 g/mol. The van der Waals surface area contributed by atoms with Crippen LogP contribution in [0.1, 0.15) is 27.2 Å². The maximum atomic E-state index is 12.0. The van der Waals surface area contributed by atoms with E-state index < -0.39 is 12.0 Å². The number of carboxylic acids is 1. The van der Waals surface area contributed by atoms with E-state index in [0.717, 1.165) is 6.42 Å². The highest BCUT2D eigenvalue weighted by Crippen LogP contribution is 2.31. The van der Waals surface area contributed by atoms with E-state index in [9.17, 15) is 9.59 Å². The summed E-state index contributed by atoms with van der Waals surface area (Å²) in [5.41, 5.74) is 0. The molecule has 6 heteroatoms. The lowest BCUT2D eigenvalue weighted by atomic mass is 10.2. The molecule has 1 heterocycles. The first-order valence-electron chi connectivity index (χ1n) is 5.88. The minimum atomic E-state index is -0.923. The van der Waals surface area contributed by atoms with Crippen molar-refractivity contribution < 1.29 is 14.7 Å². The fourth-order valence-electron chi connectivity index (χ4n) is 1.72. The molecule has 1 saturated heterocycles. The highest BCUT2D eigenvalue weighted by molar-refractivity contribution is 8.00. The summed E-state index contributed by atoms with van der Waals surface area (Å²) in [5, 5.41) is 11.8. The highest BCUT2D eigenvalue weighted by Gasteiger charge is 2.40. The lowest BCUT2D eigenvalue weighted by Crippen LogP contribution is -2.50. The molecule has 2 unspecified atom stereocenters. The number of amides is 2. The van der Waals surface area contributed by atoms with Crippen molar-refractivity contribution in [2.24, 2.45) is 5.92 Å². The van der Waals surface area contributed by atoms with Crippen molar-refractivity contribution in [1.29, 1.82) is 0 Å². The molecule has 0 aromatic heterocycles. The van der Waals surface area contributed by atoms with Gasteiger partial charge in [0.05, 0.1) is 5.37 Å². The van der Waals surface area contributed by atoms with Gasteiger partial charge in [-0.2, -0.15) is 0 Å². The van der Waals surface area contributed by atoms with Gasteiger partial charge in [0.1, 0.15) is 6.04 Å². The molecule has 17 heavy (non-hydrogen) atoms. The Labute approximate surface area is 106 Å². The summed E-state index contributed by atoms with van der Waals surface area (Å²) in [4.78, 5) is 24.5. The predicted molar refractivity (Wildman–Crippen MR) is 68.0 cm³/mol. The van der Waals surface area contributed by atoms with Crippen LogP contribution in [-0.2, 0) is 4.79 Å². The molecule has 1 aliphatic heterocycles. The van der Waals surface area contributed by atoms with Crippen LogP contribution in [0.3, 0.4) is 0 Å². The van der Waals surface area contributed by atoms with E-state index in [1.807, 2.05) is 20.8 Å². The Hall–Kier alpha value is -0.910. The van der Waals surface area contributed by atoms with Crippen LogP contribution < -0.4 is 5.32 Å². The monoisotopic (exact) mass is 260 g/mol. The highest BCUT2D eigenvalue weighted by atomic mass is 32.2. The normalized spacial score (nSPS) is 24.1. The van der Waals surface area contributed by atoms with Crippen molar-refractivity contribution in [2.45, 2.75) is 38.6 Å². The molecule has 0 saturated carbocycles.